The van der Waals surface area contributed by atoms with Crippen LogP contribution in [0.15, 0.2) is 48.5 Å². The Morgan fingerprint density at radius 1 is 1.14 bits per heavy atom. The normalized spacial score (nSPS) is 10.5. The molecule has 0 fully saturated rings. The van der Waals surface area contributed by atoms with E-state index in [4.69, 9.17) is 5.73 Å². The molecule has 2 rings (SSSR count). The smallest absolute Gasteiger partial charge is 0.253 e. The minimum absolute atomic E-state index is 0.107. The number of amides is 1. The van der Waals surface area contributed by atoms with Gasteiger partial charge in [-0.1, -0.05) is 30.3 Å². The minimum Gasteiger partial charge on any atom is -0.337 e. The first-order valence-electron chi connectivity index (χ1n) is 7.41. The molecule has 0 spiro atoms. The van der Waals surface area contributed by atoms with Crippen molar-refractivity contribution in [1.29, 1.82) is 0 Å². The van der Waals surface area contributed by atoms with Crippen LogP contribution in [0.2, 0.25) is 0 Å². The van der Waals surface area contributed by atoms with Crippen molar-refractivity contribution in [1.82, 2.24) is 4.90 Å². The number of benzene rings is 2. The Balaban J connectivity index is 2.09. The summed E-state index contributed by atoms with van der Waals surface area (Å²) in [6.45, 7) is 3.14. The molecular formula is C18H21FN2O. The predicted molar refractivity (Wildman–Crippen MR) is 86.2 cm³/mol. The zero-order valence-electron chi connectivity index (χ0n) is 12.8. The summed E-state index contributed by atoms with van der Waals surface area (Å²) in [5.41, 5.74) is 7.76. The molecule has 0 radical (unpaired) electrons. The van der Waals surface area contributed by atoms with Crippen LogP contribution in [0.5, 0.6) is 0 Å². The summed E-state index contributed by atoms with van der Waals surface area (Å²) in [6, 6.07) is 14.4. The summed E-state index contributed by atoms with van der Waals surface area (Å²) in [5.74, 6) is -0.407. The summed E-state index contributed by atoms with van der Waals surface area (Å²) in [6.07, 6.45) is 0.771. The van der Waals surface area contributed by atoms with Gasteiger partial charge in [-0.3, -0.25) is 4.79 Å². The fourth-order valence-electron chi connectivity index (χ4n) is 2.34. The number of nitrogens with zero attached hydrogens (tertiary/aromatic N) is 1. The Morgan fingerprint density at radius 2 is 1.86 bits per heavy atom. The van der Waals surface area contributed by atoms with Crippen LogP contribution in [0.3, 0.4) is 0 Å². The van der Waals surface area contributed by atoms with Crippen LogP contribution in [0.4, 0.5) is 4.39 Å². The van der Waals surface area contributed by atoms with E-state index in [1.165, 1.54) is 17.7 Å². The van der Waals surface area contributed by atoms with Crippen LogP contribution in [-0.2, 0) is 6.42 Å². The number of carbonyl (C=O) groups is 1. The van der Waals surface area contributed by atoms with Gasteiger partial charge >= 0.3 is 0 Å². The lowest BCUT2D eigenvalue weighted by Crippen LogP contribution is -2.37. The summed E-state index contributed by atoms with van der Waals surface area (Å²) in [5, 5.41) is 0. The number of hydrogen-bond acceptors (Lipinski definition) is 2. The first-order chi connectivity index (χ1) is 10.6. The van der Waals surface area contributed by atoms with Crippen molar-refractivity contribution in [2.24, 2.45) is 5.73 Å². The van der Waals surface area contributed by atoms with E-state index < -0.39 is 0 Å². The van der Waals surface area contributed by atoms with Gasteiger partial charge in [0.2, 0.25) is 0 Å². The molecule has 0 aromatic heterocycles. The Morgan fingerprint density at radius 3 is 2.50 bits per heavy atom. The van der Waals surface area contributed by atoms with Crippen molar-refractivity contribution in [3.05, 3.63) is 71.0 Å². The lowest BCUT2D eigenvalue weighted by molar-refractivity contribution is 0.0762. The number of carbonyl (C=O) groups excluding carboxylic acids is 1. The zero-order valence-corrected chi connectivity index (χ0v) is 12.8. The number of rotatable bonds is 6. The average molecular weight is 300 g/mol. The molecule has 0 saturated heterocycles. The third kappa shape index (κ3) is 4.15. The molecule has 0 saturated carbocycles. The van der Waals surface area contributed by atoms with Gasteiger partial charge in [0.05, 0.1) is 0 Å². The Bertz CT molecular complexity index is 628. The van der Waals surface area contributed by atoms with Crippen molar-refractivity contribution >= 4 is 5.91 Å². The van der Waals surface area contributed by atoms with Crippen LogP contribution in [-0.4, -0.2) is 30.4 Å². The maximum Gasteiger partial charge on any atom is 0.253 e. The van der Waals surface area contributed by atoms with Crippen LogP contribution in [0.25, 0.3) is 0 Å². The fourth-order valence-corrected chi connectivity index (χ4v) is 2.34. The Hall–Kier alpha value is -2.20. The Kier molecular flexibility index (Phi) is 5.67. The van der Waals surface area contributed by atoms with Crippen molar-refractivity contribution in [2.75, 3.05) is 19.6 Å². The summed E-state index contributed by atoms with van der Waals surface area (Å²) < 4.78 is 13.3. The van der Waals surface area contributed by atoms with Gasteiger partial charge in [-0.25, -0.2) is 4.39 Å². The summed E-state index contributed by atoms with van der Waals surface area (Å²) in [7, 11) is 0. The molecule has 0 aliphatic heterocycles. The second kappa shape index (κ2) is 7.71. The van der Waals surface area contributed by atoms with Gasteiger partial charge in [0.25, 0.3) is 5.91 Å². The van der Waals surface area contributed by atoms with Crippen LogP contribution < -0.4 is 5.73 Å². The average Bonchev–Trinajstić information content (AvgIpc) is 2.54. The second-order valence-corrected chi connectivity index (χ2v) is 5.28. The van der Waals surface area contributed by atoms with Crippen LogP contribution >= 0.6 is 0 Å². The van der Waals surface area contributed by atoms with Crippen molar-refractivity contribution in [2.45, 2.75) is 13.3 Å². The monoisotopic (exact) mass is 300 g/mol. The Labute approximate surface area is 130 Å². The first-order valence-corrected chi connectivity index (χ1v) is 7.41. The molecule has 0 aliphatic rings. The van der Waals surface area contributed by atoms with Gasteiger partial charge in [-0.2, -0.15) is 0 Å². The lowest BCUT2D eigenvalue weighted by Gasteiger charge is -2.22. The summed E-state index contributed by atoms with van der Waals surface area (Å²) >= 11 is 0. The molecule has 2 N–H and O–H groups in total. The van der Waals surface area contributed by atoms with E-state index in [-0.39, 0.29) is 11.7 Å². The molecule has 2 aromatic rings. The van der Waals surface area contributed by atoms with E-state index in [1.807, 2.05) is 30.3 Å². The molecule has 0 aliphatic carbocycles. The first kappa shape index (κ1) is 16.2. The third-order valence-electron chi connectivity index (χ3n) is 3.60. The number of nitrogens with two attached hydrogens (primary N) is 1. The van der Waals surface area contributed by atoms with E-state index in [0.717, 1.165) is 6.42 Å². The van der Waals surface area contributed by atoms with Gasteiger partial charge in [0.1, 0.15) is 5.82 Å². The molecule has 2 aromatic carbocycles. The molecule has 0 unspecified atom stereocenters. The number of halogens is 1. The van der Waals surface area contributed by atoms with Crippen LogP contribution in [0.1, 0.15) is 21.5 Å². The maximum absolute atomic E-state index is 13.3. The maximum atomic E-state index is 13.3. The lowest BCUT2D eigenvalue weighted by atomic mass is 10.1. The van der Waals surface area contributed by atoms with E-state index in [2.05, 4.69) is 0 Å². The SMILES string of the molecule is Cc1cc(C(=O)N(CCN)CCc2ccccc2)ccc1F. The fraction of sp³-hybridized carbons (Fsp3) is 0.278. The molecular weight excluding hydrogens is 279 g/mol. The molecule has 3 nitrogen and oxygen atoms in total. The van der Waals surface area contributed by atoms with Crippen molar-refractivity contribution in [3.63, 3.8) is 0 Å². The second-order valence-electron chi connectivity index (χ2n) is 5.28. The van der Waals surface area contributed by atoms with Crippen molar-refractivity contribution < 1.29 is 9.18 Å². The van der Waals surface area contributed by atoms with Gasteiger partial charge in [-0.15, -0.1) is 0 Å². The largest absolute Gasteiger partial charge is 0.337 e. The number of aryl methyl sites for hydroxylation is 1. The van der Waals surface area contributed by atoms with E-state index in [9.17, 15) is 9.18 Å². The van der Waals surface area contributed by atoms with E-state index in [1.54, 1.807) is 17.9 Å². The van der Waals surface area contributed by atoms with E-state index in [0.29, 0.717) is 30.8 Å². The zero-order chi connectivity index (χ0) is 15.9. The molecule has 0 heterocycles. The highest BCUT2D eigenvalue weighted by Gasteiger charge is 2.16. The standard InChI is InChI=1S/C18H21FN2O/c1-14-13-16(7-8-17(14)19)18(22)21(12-10-20)11-9-15-5-3-2-4-6-15/h2-8,13H,9-12,20H2,1H3. The molecule has 0 bridgehead atoms. The van der Waals surface area contributed by atoms with Gasteiger partial charge in [0, 0.05) is 25.2 Å². The topological polar surface area (TPSA) is 46.3 Å². The quantitative estimate of drug-likeness (QED) is 0.891. The molecule has 4 heteroatoms. The predicted octanol–water partition coefficient (Wildman–Crippen LogP) is 2.78. The summed E-state index contributed by atoms with van der Waals surface area (Å²) in [4.78, 5) is 14.3. The molecule has 116 valence electrons. The van der Waals surface area contributed by atoms with E-state index >= 15 is 0 Å². The van der Waals surface area contributed by atoms with Gasteiger partial charge in [0.15, 0.2) is 0 Å². The number of hydrogen-bond donors (Lipinski definition) is 1. The molecule has 22 heavy (non-hydrogen) atoms. The highest BCUT2D eigenvalue weighted by molar-refractivity contribution is 5.94. The van der Waals surface area contributed by atoms with Gasteiger partial charge < -0.3 is 10.6 Å². The van der Waals surface area contributed by atoms with Gasteiger partial charge in [-0.05, 0) is 42.7 Å². The highest BCUT2D eigenvalue weighted by atomic mass is 19.1. The van der Waals surface area contributed by atoms with Crippen LogP contribution in [0, 0.1) is 12.7 Å². The van der Waals surface area contributed by atoms with Crippen molar-refractivity contribution in [3.8, 4) is 0 Å². The molecule has 1 amide bonds. The minimum atomic E-state index is -0.300. The third-order valence-corrected chi connectivity index (χ3v) is 3.60. The highest BCUT2D eigenvalue weighted by Crippen LogP contribution is 2.12. The molecule has 0 atom stereocenters.